The number of rotatable bonds is 7. The monoisotopic (exact) mass is 441 g/mol. The Hall–Kier alpha value is -3.31. The Bertz CT molecular complexity index is 1020. The van der Waals surface area contributed by atoms with Gasteiger partial charge in [0, 0.05) is 29.8 Å². The van der Waals surface area contributed by atoms with E-state index < -0.39 is 25.0 Å². The number of halogens is 4. The van der Waals surface area contributed by atoms with Crippen LogP contribution in [0, 0.1) is 6.92 Å². The van der Waals surface area contributed by atoms with Crippen molar-refractivity contribution in [1.82, 2.24) is 20.1 Å². The Morgan fingerprint density at radius 2 is 2.06 bits per heavy atom. The minimum absolute atomic E-state index is 0.165. The molecule has 12 heteroatoms. The highest BCUT2D eigenvalue weighted by atomic mass is 19.3. The van der Waals surface area contributed by atoms with Crippen LogP contribution < -0.4 is 10.1 Å². The average Bonchev–Trinajstić information content (AvgIpc) is 3.03. The number of ether oxygens (including phenoxy) is 1. The summed E-state index contributed by atoms with van der Waals surface area (Å²) < 4.78 is 55.4. The second-order valence-corrected chi connectivity index (χ2v) is 7.08. The molecule has 1 aliphatic rings. The van der Waals surface area contributed by atoms with Crippen LogP contribution >= 0.6 is 0 Å². The molecule has 2 aromatic heterocycles. The Kier molecular flexibility index (Phi) is 6.09. The van der Waals surface area contributed by atoms with Crippen LogP contribution in [0.15, 0.2) is 18.3 Å². The number of amides is 2. The third kappa shape index (κ3) is 4.57. The van der Waals surface area contributed by atoms with Crippen molar-refractivity contribution in [2.75, 3.05) is 11.9 Å². The number of hydrogen-bond donors (Lipinski definition) is 1. The summed E-state index contributed by atoms with van der Waals surface area (Å²) in [6.07, 6.45) is -2.44. The zero-order valence-electron chi connectivity index (χ0n) is 16.8. The summed E-state index contributed by atoms with van der Waals surface area (Å²) in [6.45, 7) is 3.16. The van der Waals surface area contributed by atoms with Crippen LogP contribution in [0.5, 0.6) is 5.88 Å². The molecule has 2 amide bonds. The molecule has 2 aromatic rings. The fourth-order valence-corrected chi connectivity index (χ4v) is 3.07. The standard InChI is InChI=1S/C19H19F4N5O3/c1-9-6-14(26-27-16(9)31-8-19(22,23)18(20)21)10(2)28-7-13-12(17(28)30)4-5-24-15(13)25-11(3)29/h4-6,10,18H,7-8H2,1-3H3,(H,24,25,29). The van der Waals surface area contributed by atoms with Gasteiger partial charge in [-0.3, -0.25) is 9.59 Å². The lowest BCUT2D eigenvalue weighted by atomic mass is 10.1. The molecular weight excluding hydrogens is 422 g/mol. The Balaban J connectivity index is 1.77. The van der Waals surface area contributed by atoms with E-state index in [9.17, 15) is 27.2 Å². The maximum absolute atomic E-state index is 13.1. The Morgan fingerprint density at radius 3 is 2.68 bits per heavy atom. The predicted octanol–water partition coefficient (Wildman–Crippen LogP) is 3.13. The largest absolute Gasteiger partial charge is 0.470 e. The molecule has 8 nitrogen and oxygen atoms in total. The van der Waals surface area contributed by atoms with Crippen molar-refractivity contribution in [2.45, 2.75) is 45.7 Å². The van der Waals surface area contributed by atoms with E-state index in [0.29, 0.717) is 28.2 Å². The van der Waals surface area contributed by atoms with E-state index in [1.54, 1.807) is 13.0 Å². The number of carbonyl (C=O) groups excluding carboxylic acids is 2. The van der Waals surface area contributed by atoms with Crippen molar-refractivity contribution in [3.63, 3.8) is 0 Å². The van der Waals surface area contributed by atoms with Crippen LogP contribution in [0.4, 0.5) is 23.4 Å². The van der Waals surface area contributed by atoms with E-state index >= 15 is 0 Å². The van der Waals surface area contributed by atoms with Gasteiger partial charge in [0.25, 0.3) is 5.91 Å². The van der Waals surface area contributed by atoms with Crippen molar-refractivity contribution in [2.24, 2.45) is 0 Å². The normalized spacial score (nSPS) is 14.6. The smallest absolute Gasteiger partial charge is 0.340 e. The lowest BCUT2D eigenvalue weighted by molar-refractivity contribution is -0.148. The minimum Gasteiger partial charge on any atom is -0.470 e. The van der Waals surface area contributed by atoms with Crippen LogP contribution in [0.1, 0.15) is 47.1 Å². The number of fused-ring (bicyclic) bond motifs is 1. The molecule has 0 aliphatic carbocycles. The van der Waals surface area contributed by atoms with E-state index in [0.717, 1.165) is 0 Å². The molecule has 1 atom stereocenters. The van der Waals surface area contributed by atoms with Crippen LogP contribution in [0.3, 0.4) is 0 Å². The number of nitrogens with zero attached hydrogens (tertiary/aromatic N) is 4. The Morgan fingerprint density at radius 1 is 1.35 bits per heavy atom. The van der Waals surface area contributed by atoms with Crippen molar-refractivity contribution in [3.8, 4) is 5.88 Å². The molecule has 0 saturated carbocycles. The highest BCUT2D eigenvalue weighted by Gasteiger charge is 2.42. The van der Waals surface area contributed by atoms with Gasteiger partial charge in [-0.05, 0) is 26.0 Å². The van der Waals surface area contributed by atoms with Crippen molar-refractivity contribution in [3.05, 3.63) is 40.7 Å². The highest BCUT2D eigenvalue weighted by molar-refractivity contribution is 6.01. The van der Waals surface area contributed by atoms with Gasteiger partial charge in [0.1, 0.15) is 5.82 Å². The lowest BCUT2D eigenvalue weighted by Crippen LogP contribution is -2.34. The average molecular weight is 441 g/mol. The molecule has 1 N–H and O–H groups in total. The first kappa shape index (κ1) is 22.4. The molecule has 0 fully saturated rings. The highest BCUT2D eigenvalue weighted by Crippen LogP contribution is 2.34. The fraction of sp³-hybridized carbons (Fsp3) is 0.421. The number of aryl methyl sites for hydroxylation is 1. The number of aromatic nitrogens is 3. The quantitative estimate of drug-likeness (QED) is 0.663. The maximum atomic E-state index is 13.1. The molecule has 0 bridgehead atoms. The second kappa shape index (κ2) is 8.44. The first-order chi connectivity index (χ1) is 14.5. The van der Waals surface area contributed by atoms with Gasteiger partial charge in [-0.2, -0.15) is 8.78 Å². The van der Waals surface area contributed by atoms with Gasteiger partial charge >= 0.3 is 12.3 Å². The van der Waals surface area contributed by atoms with E-state index in [4.69, 9.17) is 4.74 Å². The molecule has 166 valence electrons. The number of anilines is 1. The van der Waals surface area contributed by atoms with E-state index in [2.05, 4.69) is 20.5 Å². The van der Waals surface area contributed by atoms with Crippen molar-refractivity contribution < 1.29 is 31.9 Å². The van der Waals surface area contributed by atoms with Crippen LogP contribution in [-0.2, 0) is 11.3 Å². The first-order valence-corrected chi connectivity index (χ1v) is 9.20. The van der Waals surface area contributed by atoms with Crippen LogP contribution in [-0.4, -0.2) is 50.9 Å². The topological polar surface area (TPSA) is 97.3 Å². The van der Waals surface area contributed by atoms with Crippen molar-refractivity contribution >= 4 is 17.6 Å². The van der Waals surface area contributed by atoms with Crippen LogP contribution in [0.2, 0.25) is 0 Å². The third-order valence-corrected chi connectivity index (χ3v) is 4.74. The number of alkyl halides is 4. The van der Waals surface area contributed by atoms with Crippen molar-refractivity contribution in [1.29, 1.82) is 0 Å². The van der Waals surface area contributed by atoms with Gasteiger partial charge in [-0.25, -0.2) is 13.8 Å². The zero-order chi connectivity index (χ0) is 22.9. The maximum Gasteiger partial charge on any atom is 0.340 e. The molecule has 0 spiro atoms. The zero-order valence-corrected chi connectivity index (χ0v) is 16.8. The number of carbonyl (C=O) groups is 2. The molecule has 1 unspecified atom stereocenters. The summed E-state index contributed by atoms with van der Waals surface area (Å²) >= 11 is 0. The molecule has 31 heavy (non-hydrogen) atoms. The van der Waals surface area contributed by atoms with Gasteiger partial charge < -0.3 is 15.0 Å². The summed E-state index contributed by atoms with van der Waals surface area (Å²) in [7, 11) is 0. The van der Waals surface area contributed by atoms with Gasteiger partial charge in [-0.1, -0.05) is 0 Å². The van der Waals surface area contributed by atoms with E-state index in [1.807, 2.05) is 0 Å². The lowest BCUT2D eigenvalue weighted by Gasteiger charge is -2.24. The fourth-order valence-electron chi connectivity index (χ4n) is 3.07. The molecule has 3 rings (SSSR count). The molecule has 1 aliphatic heterocycles. The van der Waals surface area contributed by atoms with E-state index in [-0.39, 0.29) is 24.2 Å². The van der Waals surface area contributed by atoms with Gasteiger partial charge in [0.05, 0.1) is 18.3 Å². The molecule has 3 heterocycles. The summed E-state index contributed by atoms with van der Waals surface area (Å²) in [5.41, 5.74) is 1.60. The minimum atomic E-state index is -4.31. The third-order valence-electron chi connectivity index (χ3n) is 4.74. The van der Waals surface area contributed by atoms with E-state index in [1.165, 1.54) is 31.0 Å². The molecule has 0 saturated heterocycles. The molecule has 0 radical (unpaired) electrons. The molecular formula is C19H19F4N5O3. The molecule has 0 aromatic carbocycles. The van der Waals surface area contributed by atoms with Crippen LogP contribution in [0.25, 0.3) is 0 Å². The summed E-state index contributed by atoms with van der Waals surface area (Å²) in [6, 6.07) is 2.47. The Labute approximate surface area is 174 Å². The van der Waals surface area contributed by atoms with Gasteiger partial charge in [0.2, 0.25) is 11.8 Å². The number of nitrogens with one attached hydrogen (secondary N) is 1. The van der Waals surface area contributed by atoms with Gasteiger partial charge in [-0.15, -0.1) is 10.2 Å². The summed E-state index contributed by atoms with van der Waals surface area (Å²) in [5, 5.41) is 10.2. The van der Waals surface area contributed by atoms with Gasteiger partial charge in [0.15, 0.2) is 6.61 Å². The summed E-state index contributed by atoms with van der Waals surface area (Å²) in [4.78, 5) is 29.8. The first-order valence-electron chi connectivity index (χ1n) is 9.20. The number of pyridine rings is 1. The predicted molar refractivity (Wildman–Crippen MR) is 100 cm³/mol. The summed E-state index contributed by atoms with van der Waals surface area (Å²) in [5.74, 6) is -4.95. The SMILES string of the molecule is CC(=O)Nc1nccc2c1CN(C(C)c1cc(C)c(OCC(F)(F)C(F)F)nn1)C2=O. The second-order valence-electron chi connectivity index (χ2n) is 7.08. The number of hydrogen-bond acceptors (Lipinski definition) is 6.